The number of carbonyl (C=O) groups excluding carboxylic acids is 1. The van der Waals surface area contributed by atoms with Crippen LogP contribution in [0.3, 0.4) is 0 Å². The number of hydrogen-bond acceptors (Lipinski definition) is 4. The van der Waals surface area contributed by atoms with Gasteiger partial charge in [0.05, 0.1) is 11.0 Å². The minimum Gasteiger partial charge on any atom is -0.458 e. The van der Waals surface area contributed by atoms with Gasteiger partial charge >= 0.3 is 5.97 Å². The fraction of sp³-hybridized carbons (Fsp3) is 0.875. The average molecular weight is 391 g/mol. The van der Waals surface area contributed by atoms with Crippen molar-refractivity contribution in [2.75, 3.05) is 6.61 Å². The van der Waals surface area contributed by atoms with Crippen molar-refractivity contribution in [3.8, 4) is 0 Å². The largest absolute Gasteiger partial charge is 0.458 e. The fourth-order valence-corrected chi connectivity index (χ4v) is 6.59. The molecular weight excluding hydrogens is 352 g/mol. The standard InChI is InChI=1S/C24H38O4/c1-5-9-22(4,17(2)3)21(25)28-24-14-18-11-19(15-24)13-23(12-18,16-24)27-20-8-6-7-10-26-20/h5,9,17-20H,6-8,10-16H2,1-4H3/b9-5-/t18-,19?,20?,22?,23?,24?/m1/s1. The third-order valence-corrected chi connectivity index (χ3v) is 7.93. The van der Waals surface area contributed by atoms with Crippen molar-refractivity contribution < 1.29 is 19.0 Å². The summed E-state index contributed by atoms with van der Waals surface area (Å²) in [5.41, 5.74) is -1.06. The molecule has 158 valence electrons. The lowest BCUT2D eigenvalue weighted by Gasteiger charge is -2.61. The number of hydrogen-bond donors (Lipinski definition) is 0. The van der Waals surface area contributed by atoms with Crippen LogP contribution >= 0.6 is 0 Å². The maximum atomic E-state index is 13.3. The molecule has 5 unspecified atom stereocenters. The minimum absolute atomic E-state index is 0.0633. The quantitative estimate of drug-likeness (QED) is 0.450. The predicted octanol–water partition coefficient (Wildman–Crippen LogP) is 5.40. The van der Waals surface area contributed by atoms with Crippen LogP contribution in [-0.4, -0.2) is 30.1 Å². The van der Waals surface area contributed by atoms with Crippen molar-refractivity contribution in [3.05, 3.63) is 12.2 Å². The van der Waals surface area contributed by atoms with Crippen LogP contribution in [0.1, 0.15) is 85.5 Å². The van der Waals surface area contributed by atoms with Crippen LogP contribution in [0.15, 0.2) is 12.2 Å². The van der Waals surface area contributed by atoms with E-state index < -0.39 is 5.41 Å². The van der Waals surface area contributed by atoms with Crippen molar-refractivity contribution in [1.82, 2.24) is 0 Å². The number of carbonyl (C=O) groups is 1. The second-order valence-electron chi connectivity index (χ2n) is 10.6. The van der Waals surface area contributed by atoms with E-state index in [1.807, 2.05) is 26.0 Å². The molecule has 4 aliphatic carbocycles. The molecule has 1 saturated heterocycles. The van der Waals surface area contributed by atoms with Gasteiger partial charge in [-0.15, -0.1) is 0 Å². The van der Waals surface area contributed by atoms with E-state index in [1.165, 1.54) is 12.8 Å². The molecule has 0 aromatic heterocycles. The smallest absolute Gasteiger partial charge is 0.316 e. The summed E-state index contributed by atoms with van der Waals surface area (Å²) >= 11 is 0. The summed E-state index contributed by atoms with van der Waals surface area (Å²) in [5.74, 6) is 1.37. The second-order valence-corrected chi connectivity index (χ2v) is 10.6. The number of ether oxygens (including phenoxy) is 3. The molecule has 5 aliphatic rings. The molecule has 4 bridgehead atoms. The van der Waals surface area contributed by atoms with Crippen molar-refractivity contribution >= 4 is 5.97 Å². The molecule has 0 radical (unpaired) electrons. The lowest BCUT2D eigenvalue weighted by molar-refractivity contribution is -0.291. The Morgan fingerprint density at radius 2 is 1.82 bits per heavy atom. The maximum absolute atomic E-state index is 13.3. The molecule has 28 heavy (non-hydrogen) atoms. The van der Waals surface area contributed by atoms with Gasteiger partial charge in [0.2, 0.25) is 0 Å². The monoisotopic (exact) mass is 390 g/mol. The van der Waals surface area contributed by atoms with E-state index in [0.29, 0.717) is 11.8 Å². The molecule has 1 heterocycles. The first-order valence-corrected chi connectivity index (χ1v) is 11.4. The van der Waals surface area contributed by atoms with Crippen molar-refractivity contribution in [3.63, 3.8) is 0 Å². The average Bonchev–Trinajstić information content (AvgIpc) is 2.60. The first-order valence-electron chi connectivity index (χ1n) is 11.4. The van der Waals surface area contributed by atoms with E-state index in [9.17, 15) is 4.79 Å². The molecule has 4 nitrogen and oxygen atoms in total. The lowest BCUT2D eigenvalue weighted by atomic mass is 9.52. The van der Waals surface area contributed by atoms with Crippen LogP contribution in [0.5, 0.6) is 0 Å². The summed E-state index contributed by atoms with van der Waals surface area (Å²) in [6, 6.07) is 0. The van der Waals surface area contributed by atoms with Crippen molar-refractivity contribution in [1.29, 1.82) is 0 Å². The van der Waals surface area contributed by atoms with Gasteiger partial charge < -0.3 is 14.2 Å². The SMILES string of the molecule is C/C=C\C(C)(C(=O)OC12CC3C[C@@H](C1)CC(OC1CCCCO1)(C3)C2)C(C)C. The first kappa shape index (κ1) is 20.4. The fourth-order valence-electron chi connectivity index (χ4n) is 6.59. The van der Waals surface area contributed by atoms with Crippen LogP contribution in [0.25, 0.3) is 0 Å². The summed E-state index contributed by atoms with van der Waals surface area (Å²) in [4.78, 5) is 13.3. The highest BCUT2D eigenvalue weighted by Crippen LogP contribution is 2.61. The highest BCUT2D eigenvalue weighted by atomic mass is 16.7. The summed E-state index contributed by atoms with van der Waals surface area (Å²) < 4.78 is 19.0. The van der Waals surface area contributed by atoms with Crippen LogP contribution in [0.4, 0.5) is 0 Å². The Labute approximate surface area is 170 Å². The van der Waals surface area contributed by atoms with E-state index in [-0.39, 0.29) is 29.4 Å². The van der Waals surface area contributed by atoms with Gasteiger partial charge in [-0.3, -0.25) is 4.79 Å². The molecule has 4 saturated carbocycles. The van der Waals surface area contributed by atoms with E-state index in [2.05, 4.69) is 13.8 Å². The van der Waals surface area contributed by atoms with Crippen molar-refractivity contribution in [2.45, 2.75) is 103 Å². The van der Waals surface area contributed by atoms with Crippen LogP contribution in [0, 0.1) is 23.2 Å². The molecule has 5 rings (SSSR count). The number of allylic oxidation sites excluding steroid dienone is 1. The Hall–Kier alpha value is -0.870. The van der Waals surface area contributed by atoms with E-state index >= 15 is 0 Å². The van der Waals surface area contributed by atoms with Crippen molar-refractivity contribution in [2.24, 2.45) is 23.2 Å². The Balaban J connectivity index is 1.53. The molecule has 4 heteroatoms. The zero-order chi connectivity index (χ0) is 20.0. The molecule has 1 aliphatic heterocycles. The van der Waals surface area contributed by atoms with Gasteiger partial charge in [-0.2, -0.15) is 0 Å². The van der Waals surface area contributed by atoms with Gasteiger partial charge in [0.1, 0.15) is 5.60 Å². The number of rotatable bonds is 6. The van der Waals surface area contributed by atoms with E-state index in [1.54, 1.807) is 0 Å². The molecule has 0 spiro atoms. The molecule has 0 amide bonds. The molecule has 0 aromatic carbocycles. The second kappa shape index (κ2) is 7.43. The lowest BCUT2D eigenvalue weighted by Crippen LogP contribution is -2.62. The Kier molecular flexibility index (Phi) is 5.41. The highest BCUT2D eigenvalue weighted by Gasteiger charge is 2.61. The first-order chi connectivity index (χ1) is 13.3. The Bertz CT molecular complexity index is 604. The van der Waals surface area contributed by atoms with Gasteiger partial charge in [0.25, 0.3) is 0 Å². The molecular formula is C24H38O4. The summed E-state index contributed by atoms with van der Waals surface area (Å²) in [7, 11) is 0. The van der Waals surface area contributed by atoms with Gasteiger partial charge in [0.15, 0.2) is 6.29 Å². The van der Waals surface area contributed by atoms with E-state index in [0.717, 1.165) is 51.6 Å². The van der Waals surface area contributed by atoms with E-state index in [4.69, 9.17) is 14.2 Å². The summed E-state index contributed by atoms with van der Waals surface area (Å²) in [6.45, 7) is 9.01. The highest BCUT2D eigenvalue weighted by molar-refractivity contribution is 5.79. The summed E-state index contributed by atoms with van der Waals surface area (Å²) in [6.07, 6.45) is 13.6. The predicted molar refractivity (Wildman–Crippen MR) is 109 cm³/mol. The van der Waals surface area contributed by atoms with Crippen LogP contribution in [0.2, 0.25) is 0 Å². The molecule has 0 N–H and O–H groups in total. The van der Waals surface area contributed by atoms with Gasteiger partial charge in [0, 0.05) is 13.0 Å². The van der Waals surface area contributed by atoms with Gasteiger partial charge in [-0.25, -0.2) is 0 Å². The molecule has 6 atom stereocenters. The van der Waals surface area contributed by atoms with Crippen LogP contribution < -0.4 is 0 Å². The van der Waals surface area contributed by atoms with Gasteiger partial charge in [-0.05, 0) is 83.0 Å². The Morgan fingerprint density at radius 3 is 2.39 bits per heavy atom. The molecule has 0 aromatic rings. The van der Waals surface area contributed by atoms with Gasteiger partial charge in [-0.1, -0.05) is 26.0 Å². The zero-order valence-electron chi connectivity index (χ0n) is 18.2. The third-order valence-electron chi connectivity index (χ3n) is 7.93. The van der Waals surface area contributed by atoms with Crippen LogP contribution in [-0.2, 0) is 19.0 Å². The topological polar surface area (TPSA) is 44.8 Å². The normalized spacial score (nSPS) is 42.1. The summed E-state index contributed by atoms with van der Waals surface area (Å²) in [5, 5.41) is 0. The third kappa shape index (κ3) is 3.67. The number of esters is 1. The maximum Gasteiger partial charge on any atom is 0.316 e. The minimum atomic E-state index is -0.571. The molecule has 5 fully saturated rings. The zero-order valence-corrected chi connectivity index (χ0v) is 18.2. The Morgan fingerprint density at radius 1 is 1.14 bits per heavy atom.